The summed E-state index contributed by atoms with van der Waals surface area (Å²) < 4.78 is 34.7. The highest BCUT2D eigenvalue weighted by atomic mass is 35.5. The SMILES string of the molecule is O=C(Nc1ccc(Oc2ccc(OC(F)F)cc2)cc1)N1CC(c2ccccc2)=C(c2ccc(Cl)cc2)N1. The lowest BCUT2D eigenvalue weighted by atomic mass is 10.0. The van der Waals surface area contributed by atoms with Crippen LogP contribution >= 0.6 is 11.6 Å². The first-order valence-electron chi connectivity index (χ1n) is 11.7. The summed E-state index contributed by atoms with van der Waals surface area (Å²) in [5.41, 5.74) is 7.55. The van der Waals surface area contributed by atoms with E-state index in [1.54, 1.807) is 24.3 Å². The van der Waals surface area contributed by atoms with E-state index in [0.29, 0.717) is 28.8 Å². The van der Waals surface area contributed by atoms with Gasteiger partial charge in [0.15, 0.2) is 0 Å². The molecule has 0 atom stereocenters. The highest BCUT2D eigenvalue weighted by Gasteiger charge is 2.27. The van der Waals surface area contributed by atoms with E-state index in [1.165, 1.54) is 29.3 Å². The van der Waals surface area contributed by atoms with Gasteiger partial charge in [-0.1, -0.05) is 54.1 Å². The Morgan fingerprint density at radius 2 is 1.42 bits per heavy atom. The number of carbonyl (C=O) groups is 1. The van der Waals surface area contributed by atoms with Crippen molar-refractivity contribution >= 4 is 34.6 Å². The van der Waals surface area contributed by atoms with E-state index in [0.717, 1.165) is 22.4 Å². The molecule has 1 aliphatic rings. The van der Waals surface area contributed by atoms with Gasteiger partial charge in [-0.25, -0.2) is 9.80 Å². The zero-order chi connectivity index (χ0) is 26.5. The predicted molar refractivity (Wildman–Crippen MR) is 143 cm³/mol. The van der Waals surface area contributed by atoms with Crippen molar-refractivity contribution in [2.24, 2.45) is 0 Å². The first kappa shape index (κ1) is 25.1. The van der Waals surface area contributed by atoms with E-state index in [2.05, 4.69) is 15.5 Å². The molecule has 4 aromatic rings. The Kier molecular flexibility index (Phi) is 7.42. The quantitative estimate of drug-likeness (QED) is 0.256. The third-order valence-corrected chi connectivity index (χ3v) is 6.01. The Labute approximate surface area is 223 Å². The number of nitrogens with zero attached hydrogens (tertiary/aromatic N) is 1. The number of hydrogen-bond donors (Lipinski definition) is 2. The van der Waals surface area contributed by atoms with Gasteiger partial charge in [-0.3, -0.25) is 5.43 Å². The van der Waals surface area contributed by atoms with Crippen LogP contribution < -0.4 is 20.2 Å². The second-order valence-corrected chi connectivity index (χ2v) is 8.77. The fraction of sp³-hybridized carbons (Fsp3) is 0.0690. The second kappa shape index (κ2) is 11.2. The van der Waals surface area contributed by atoms with Crippen LogP contribution in [0.1, 0.15) is 11.1 Å². The average Bonchev–Trinajstić information content (AvgIpc) is 3.37. The number of nitrogens with one attached hydrogen (secondary N) is 2. The number of alkyl halides is 2. The number of halogens is 3. The van der Waals surface area contributed by atoms with Crippen LogP contribution in [-0.2, 0) is 0 Å². The van der Waals surface area contributed by atoms with Gasteiger partial charge in [-0.05, 0) is 71.8 Å². The Balaban J connectivity index is 1.25. The molecule has 0 spiro atoms. The van der Waals surface area contributed by atoms with Crippen molar-refractivity contribution in [2.45, 2.75) is 6.61 Å². The van der Waals surface area contributed by atoms with Crippen LogP contribution in [0.15, 0.2) is 103 Å². The summed E-state index contributed by atoms with van der Waals surface area (Å²) in [7, 11) is 0. The number of ether oxygens (including phenoxy) is 2. The van der Waals surface area contributed by atoms with Crippen molar-refractivity contribution in [2.75, 3.05) is 11.9 Å². The molecule has 9 heteroatoms. The van der Waals surface area contributed by atoms with Crippen molar-refractivity contribution in [3.05, 3.63) is 119 Å². The summed E-state index contributed by atoms with van der Waals surface area (Å²) in [6, 6.07) is 29.7. The number of carbonyl (C=O) groups excluding carboxylic acids is 1. The van der Waals surface area contributed by atoms with Gasteiger partial charge in [0.05, 0.1) is 12.2 Å². The summed E-state index contributed by atoms with van der Waals surface area (Å²) in [4.78, 5) is 13.1. The average molecular weight is 534 g/mol. The molecule has 0 fully saturated rings. The molecule has 0 saturated heterocycles. The Morgan fingerprint density at radius 3 is 2.05 bits per heavy atom. The monoisotopic (exact) mass is 533 g/mol. The molecule has 4 aromatic carbocycles. The van der Waals surface area contributed by atoms with Crippen LogP contribution in [0, 0.1) is 0 Å². The minimum Gasteiger partial charge on any atom is -0.457 e. The van der Waals surface area contributed by atoms with Crippen LogP contribution in [0.2, 0.25) is 5.02 Å². The van der Waals surface area contributed by atoms with Crippen molar-refractivity contribution in [3.8, 4) is 17.2 Å². The normalized spacial score (nSPS) is 12.9. The molecule has 0 bridgehead atoms. The van der Waals surface area contributed by atoms with Crippen LogP contribution in [0.3, 0.4) is 0 Å². The van der Waals surface area contributed by atoms with Gasteiger partial charge in [0.1, 0.15) is 17.2 Å². The minimum absolute atomic E-state index is 0.0464. The van der Waals surface area contributed by atoms with E-state index in [-0.39, 0.29) is 11.8 Å². The maximum atomic E-state index is 13.1. The third kappa shape index (κ3) is 6.04. The lowest BCUT2D eigenvalue weighted by Crippen LogP contribution is -2.40. The Hall–Kier alpha value is -4.56. The topological polar surface area (TPSA) is 62.8 Å². The predicted octanol–water partition coefficient (Wildman–Crippen LogP) is 7.65. The first-order valence-corrected chi connectivity index (χ1v) is 12.0. The molecule has 0 aliphatic carbocycles. The van der Waals surface area contributed by atoms with E-state index in [9.17, 15) is 13.6 Å². The molecule has 6 nitrogen and oxygen atoms in total. The fourth-order valence-corrected chi connectivity index (χ4v) is 4.08. The smallest absolute Gasteiger partial charge is 0.387 e. The minimum atomic E-state index is -2.88. The summed E-state index contributed by atoms with van der Waals surface area (Å²) in [6.45, 7) is -2.52. The number of hydrogen-bond acceptors (Lipinski definition) is 4. The number of amides is 2. The zero-order valence-corrected chi connectivity index (χ0v) is 20.7. The van der Waals surface area contributed by atoms with Crippen LogP contribution in [0.5, 0.6) is 17.2 Å². The maximum absolute atomic E-state index is 13.1. The molecule has 2 amide bonds. The molecule has 5 rings (SSSR count). The summed E-state index contributed by atoms with van der Waals surface area (Å²) in [6.07, 6.45) is 0. The second-order valence-electron chi connectivity index (χ2n) is 8.33. The van der Waals surface area contributed by atoms with E-state index >= 15 is 0 Å². The van der Waals surface area contributed by atoms with Gasteiger partial charge in [0.2, 0.25) is 0 Å². The van der Waals surface area contributed by atoms with Crippen molar-refractivity contribution < 1.29 is 23.0 Å². The fourth-order valence-electron chi connectivity index (χ4n) is 3.95. The molecule has 38 heavy (non-hydrogen) atoms. The number of anilines is 1. The molecular weight excluding hydrogens is 512 g/mol. The van der Waals surface area contributed by atoms with Crippen LogP contribution in [-0.4, -0.2) is 24.2 Å². The number of benzene rings is 4. The van der Waals surface area contributed by atoms with Gasteiger partial charge in [0.25, 0.3) is 0 Å². The molecule has 0 radical (unpaired) electrons. The van der Waals surface area contributed by atoms with Gasteiger partial charge >= 0.3 is 12.6 Å². The van der Waals surface area contributed by atoms with Gasteiger partial charge < -0.3 is 14.8 Å². The van der Waals surface area contributed by atoms with Crippen LogP contribution in [0.25, 0.3) is 11.3 Å². The molecule has 0 unspecified atom stereocenters. The van der Waals surface area contributed by atoms with Crippen molar-refractivity contribution in [1.82, 2.24) is 10.4 Å². The van der Waals surface area contributed by atoms with Crippen molar-refractivity contribution in [3.63, 3.8) is 0 Å². The van der Waals surface area contributed by atoms with E-state index < -0.39 is 6.61 Å². The molecular formula is C29H22ClF2N3O3. The summed E-state index contributed by atoms with van der Waals surface area (Å²) in [5.74, 6) is 1.02. The third-order valence-electron chi connectivity index (χ3n) is 5.76. The highest BCUT2D eigenvalue weighted by molar-refractivity contribution is 6.30. The molecule has 1 aliphatic heterocycles. The van der Waals surface area contributed by atoms with Gasteiger partial charge in [-0.2, -0.15) is 8.78 Å². The van der Waals surface area contributed by atoms with Gasteiger partial charge in [-0.15, -0.1) is 0 Å². The highest BCUT2D eigenvalue weighted by Crippen LogP contribution is 2.31. The summed E-state index contributed by atoms with van der Waals surface area (Å²) in [5, 5.41) is 5.03. The first-order chi connectivity index (χ1) is 18.4. The summed E-state index contributed by atoms with van der Waals surface area (Å²) >= 11 is 6.07. The maximum Gasteiger partial charge on any atom is 0.387 e. The molecule has 0 saturated carbocycles. The lowest BCUT2D eigenvalue weighted by Gasteiger charge is -2.19. The van der Waals surface area contributed by atoms with Crippen LogP contribution in [0.4, 0.5) is 19.3 Å². The zero-order valence-electron chi connectivity index (χ0n) is 19.9. The van der Waals surface area contributed by atoms with E-state index in [4.69, 9.17) is 16.3 Å². The largest absolute Gasteiger partial charge is 0.457 e. The van der Waals surface area contributed by atoms with Gasteiger partial charge in [0, 0.05) is 16.3 Å². The molecule has 192 valence electrons. The number of urea groups is 1. The number of hydrazine groups is 1. The molecule has 1 heterocycles. The lowest BCUT2D eigenvalue weighted by molar-refractivity contribution is -0.0498. The van der Waals surface area contributed by atoms with Crippen molar-refractivity contribution in [1.29, 1.82) is 0 Å². The Bertz CT molecular complexity index is 1430. The standard InChI is InChI=1S/C29H22ClF2N3O3/c30-21-8-6-20(7-9-21)27-26(19-4-2-1-3-5-19)18-35(34-27)29(36)33-22-10-12-23(13-11-22)37-24-14-16-25(17-15-24)38-28(31)32/h1-17,28,34H,18H2,(H,33,36). The number of rotatable bonds is 7. The molecule has 0 aromatic heterocycles. The van der Waals surface area contributed by atoms with E-state index in [1.807, 2.05) is 54.6 Å². The molecule has 2 N–H and O–H groups in total. The Morgan fingerprint density at radius 1 is 0.816 bits per heavy atom.